The zero-order valence-corrected chi connectivity index (χ0v) is 20.5. The van der Waals surface area contributed by atoms with E-state index in [4.69, 9.17) is 23.2 Å². The highest BCUT2D eigenvalue weighted by molar-refractivity contribution is 7.96. The Morgan fingerprint density at radius 3 is 2.55 bits per heavy atom. The predicted octanol–water partition coefficient (Wildman–Crippen LogP) is 5.31. The Morgan fingerprint density at radius 1 is 1.24 bits per heavy atom. The van der Waals surface area contributed by atoms with Gasteiger partial charge in [0.25, 0.3) is 0 Å². The third kappa shape index (κ3) is 6.91. The fourth-order valence-corrected chi connectivity index (χ4v) is 5.04. The first-order chi connectivity index (χ1) is 15.7. The summed E-state index contributed by atoms with van der Waals surface area (Å²) >= 11 is 14.2. The van der Waals surface area contributed by atoms with E-state index in [-0.39, 0.29) is 17.9 Å². The van der Waals surface area contributed by atoms with E-state index in [1.807, 2.05) is 37.7 Å². The molecule has 33 heavy (non-hydrogen) atoms. The molecule has 2 heterocycles. The molecule has 5 nitrogen and oxygen atoms in total. The summed E-state index contributed by atoms with van der Waals surface area (Å²) in [6.45, 7) is -1.48. The van der Waals surface area contributed by atoms with Crippen molar-refractivity contribution in [2.24, 2.45) is 5.92 Å². The lowest BCUT2D eigenvalue weighted by Crippen LogP contribution is -2.50. The van der Waals surface area contributed by atoms with Gasteiger partial charge >= 0.3 is 6.68 Å². The number of anilines is 1. The largest absolute Gasteiger partial charge is 0.380 e. The molecule has 1 aliphatic heterocycles. The van der Waals surface area contributed by atoms with Gasteiger partial charge in [0.1, 0.15) is 0 Å². The van der Waals surface area contributed by atoms with E-state index in [0.717, 1.165) is 42.9 Å². The number of fused-ring (bicyclic) bond motifs is 1. The molecule has 1 unspecified atom stereocenters. The Balaban J connectivity index is 0.000000709. The topological polar surface area (TPSA) is 48.5 Å². The Kier molecular flexibility index (Phi) is 9.15. The molecule has 0 saturated carbocycles. The van der Waals surface area contributed by atoms with Gasteiger partial charge in [-0.05, 0) is 48.4 Å². The van der Waals surface area contributed by atoms with Gasteiger partial charge in [0.15, 0.2) is 0 Å². The standard InChI is InChI=1S/C21H24Cl2N4OS.CHF3/c1-26(21(28)14-10-27(11-14)29-2)12-16-5-4-15(9-24-16)25-17-7-13-3-6-19(22)20(23)18(13)8-17;2-1(3)4/h3-6,9,14,17,25H,7-8,10-12H2,1-2H3;1H. The van der Waals surface area contributed by atoms with Crippen LogP contribution < -0.4 is 5.32 Å². The maximum absolute atomic E-state index is 12.5. The van der Waals surface area contributed by atoms with Gasteiger partial charge in [-0.3, -0.25) is 9.78 Å². The van der Waals surface area contributed by atoms with Crippen LogP contribution in [0.3, 0.4) is 0 Å². The highest BCUT2D eigenvalue weighted by atomic mass is 35.5. The third-order valence-corrected chi connectivity index (χ3v) is 7.29. The molecule has 1 aromatic carbocycles. The fourth-order valence-electron chi connectivity index (χ4n) is 3.95. The summed E-state index contributed by atoms with van der Waals surface area (Å²) in [5.41, 5.74) is 4.24. The number of hydrogen-bond donors (Lipinski definition) is 1. The number of nitrogens with one attached hydrogen (secondary N) is 1. The minimum Gasteiger partial charge on any atom is -0.380 e. The Labute approximate surface area is 205 Å². The number of hydrogen-bond acceptors (Lipinski definition) is 5. The summed E-state index contributed by atoms with van der Waals surface area (Å²) < 4.78 is 31.2. The summed E-state index contributed by atoms with van der Waals surface area (Å²) in [7, 11) is 1.85. The fraction of sp³-hybridized carbons (Fsp3) is 0.455. The van der Waals surface area contributed by atoms with E-state index in [9.17, 15) is 18.0 Å². The molecule has 2 aromatic rings. The zero-order valence-electron chi connectivity index (χ0n) is 18.2. The molecule has 2 aliphatic rings. The average molecular weight is 521 g/mol. The van der Waals surface area contributed by atoms with Gasteiger partial charge in [0, 0.05) is 26.2 Å². The van der Waals surface area contributed by atoms with Gasteiger partial charge in [0.05, 0.1) is 40.1 Å². The molecule has 1 aromatic heterocycles. The molecule has 1 fully saturated rings. The van der Waals surface area contributed by atoms with Gasteiger partial charge in [0.2, 0.25) is 5.91 Å². The number of carbonyl (C=O) groups excluding carboxylic acids is 1. The van der Waals surface area contributed by atoms with Crippen LogP contribution in [0.5, 0.6) is 0 Å². The molecular weight excluding hydrogens is 496 g/mol. The number of pyridine rings is 1. The average Bonchev–Trinajstić information content (AvgIpc) is 3.14. The summed E-state index contributed by atoms with van der Waals surface area (Å²) in [6, 6.07) is 8.20. The molecule has 11 heteroatoms. The first-order valence-electron chi connectivity index (χ1n) is 10.3. The monoisotopic (exact) mass is 520 g/mol. The van der Waals surface area contributed by atoms with Gasteiger partial charge in [-0.25, -0.2) is 4.31 Å². The minimum atomic E-state index is -3.67. The highest BCUT2D eigenvalue weighted by Crippen LogP contribution is 2.35. The van der Waals surface area contributed by atoms with Crippen LogP contribution in [0.25, 0.3) is 0 Å². The van der Waals surface area contributed by atoms with Crippen LogP contribution in [0.15, 0.2) is 30.5 Å². The molecule has 1 amide bonds. The van der Waals surface area contributed by atoms with Crippen LogP contribution in [0.1, 0.15) is 16.8 Å². The lowest BCUT2D eigenvalue weighted by Gasteiger charge is -2.38. The highest BCUT2D eigenvalue weighted by Gasteiger charge is 2.34. The number of aromatic nitrogens is 1. The smallest absolute Gasteiger partial charge is 0.379 e. The molecule has 1 saturated heterocycles. The van der Waals surface area contributed by atoms with Crippen molar-refractivity contribution in [3.8, 4) is 0 Å². The van der Waals surface area contributed by atoms with Crippen molar-refractivity contribution in [2.75, 3.05) is 31.7 Å². The second-order valence-corrected chi connectivity index (χ2v) is 9.62. The van der Waals surface area contributed by atoms with Gasteiger partial charge in [-0.1, -0.05) is 41.2 Å². The molecule has 1 atom stereocenters. The number of alkyl halides is 3. The van der Waals surface area contributed by atoms with Crippen molar-refractivity contribution in [3.63, 3.8) is 0 Å². The Bertz CT molecular complexity index is 959. The lowest BCUT2D eigenvalue weighted by atomic mass is 10.0. The molecule has 0 spiro atoms. The van der Waals surface area contributed by atoms with Gasteiger partial charge in [-0.15, -0.1) is 0 Å². The van der Waals surface area contributed by atoms with Crippen molar-refractivity contribution in [1.82, 2.24) is 14.2 Å². The molecular formula is C22H25Cl2F3N4OS. The number of amides is 1. The van der Waals surface area contributed by atoms with Crippen LogP contribution in [0.2, 0.25) is 10.0 Å². The Hall–Kier alpha value is -1.68. The molecule has 4 rings (SSSR count). The maximum Gasteiger partial charge on any atom is 0.379 e. The second kappa shape index (κ2) is 11.6. The van der Waals surface area contributed by atoms with Crippen molar-refractivity contribution in [2.45, 2.75) is 32.1 Å². The van der Waals surface area contributed by atoms with Crippen molar-refractivity contribution < 1.29 is 18.0 Å². The van der Waals surface area contributed by atoms with Gasteiger partial charge in [-0.2, -0.15) is 13.2 Å². The Morgan fingerprint density at radius 2 is 1.94 bits per heavy atom. The van der Waals surface area contributed by atoms with Gasteiger partial charge < -0.3 is 10.2 Å². The van der Waals surface area contributed by atoms with Crippen LogP contribution in [-0.4, -0.2) is 59.2 Å². The minimum absolute atomic E-state index is 0.109. The number of rotatable bonds is 6. The summed E-state index contributed by atoms with van der Waals surface area (Å²) in [6.07, 6.45) is 5.64. The summed E-state index contributed by atoms with van der Waals surface area (Å²) in [4.78, 5) is 18.8. The lowest BCUT2D eigenvalue weighted by molar-refractivity contribution is -0.138. The number of nitrogens with zero attached hydrogens (tertiary/aromatic N) is 3. The summed E-state index contributed by atoms with van der Waals surface area (Å²) in [5.74, 6) is 0.302. The van der Waals surface area contributed by atoms with Crippen molar-refractivity contribution in [1.29, 1.82) is 0 Å². The van der Waals surface area contributed by atoms with Crippen molar-refractivity contribution in [3.05, 3.63) is 57.3 Å². The van der Waals surface area contributed by atoms with E-state index < -0.39 is 6.68 Å². The van der Waals surface area contributed by atoms with Crippen LogP contribution in [0, 0.1) is 5.92 Å². The van der Waals surface area contributed by atoms with E-state index >= 15 is 0 Å². The maximum atomic E-state index is 12.5. The first kappa shape index (κ1) is 25.9. The summed E-state index contributed by atoms with van der Waals surface area (Å²) in [5, 5.41) is 4.81. The SMILES string of the molecule is CSN1CC(C(=O)N(C)Cc2ccc(NC3Cc4ccc(Cl)c(Cl)c4C3)cn2)C1.FC(F)F. The number of carbonyl (C=O) groups is 1. The second-order valence-electron chi connectivity index (χ2n) is 7.95. The molecule has 1 N–H and O–H groups in total. The molecule has 180 valence electrons. The number of halogens is 5. The molecule has 0 bridgehead atoms. The number of benzene rings is 1. The first-order valence-corrected chi connectivity index (χ1v) is 12.2. The predicted molar refractivity (Wildman–Crippen MR) is 128 cm³/mol. The van der Waals surface area contributed by atoms with E-state index in [0.29, 0.717) is 16.6 Å². The van der Waals surface area contributed by atoms with Crippen LogP contribution in [0.4, 0.5) is 18.9 Å². The van der Waals surface area contributed by atoms with Crippen molar-refractivity contribution >= 4 is 46.7 Å². The third-order valence-electron chi connectivity index (χ3n) is 5.64. The normalized spacial score (nSPS) is 17.8. The van der Waals surface area contributed by atoms with E-state index in [2.05, 4.69) is 20.7 Å². The molecule has 0 radical (unpaired) electrons. The van der Waals surface area contributed by atoms with E-state index in [1.165, 1.54) is 5.56 Å². The van der Waals surface area contributed by atoms with E-state index in [1.54, 1.807) is 16.8 Å². The zero-order chi connectivity index (χ0) is 24.1. The quantitative estimate of drug-likeness (QED) is 0.522. The molecule has 1 aliphatic carbocycles. The van der Waals surface area contributed by atoms with Crippen LogP contribution >= 0.6 is 35.1 Å². The van der Waals surface area contributed by atoms with Crippen LogP contribution in [-0.2, 0) is 24.2 Å².